The van der Waals surface area contributed by atoms with Gasteiger partial charge in [-0.2, -0.15) is 5.10 Å². The Morgan fingerprint density at radius 3 is 2.85 bits per heavy atom. The van der Waals surface area contributed by atoms with Crippen LogP contribution in [0.3, 0.4) is 0 Å². The average Bonchev–Trinajstić information content (AvgIpc) is 2.46. The third-order valence-corrected chi connectivity index (χ3v) is 2.58. The summed E-state index contributed by atoms with van der Waals surface area (Å²) in [5.74, 6) is -0.992. The summed E-state index contributed by atoms with van der Waals surface area (Å²) in [4.78, 5) is 10.6. The summed E-state index contributed by atoms with van der Waals surface area (Å²) in [5, 5.41) is 15.0. The van der Waals surface area contributed by atoms with Gasteiger partial charge in [0.25, 0.3) is 0 Å². The molecule has 1 aromatic rings. The number of hydrogen-bond acceptors (Lipinski definition) is 3. The zero-order chi connectivity index (χ0) is 10.0. The van der Waals surface area contributed by atoms with Crippen molar-refractivity contribution in [3.05, 3.63) is 15.9 Å². The Bertz CT molecular complexity index is 324. The fraction of sp³-hybridized carbons (Fsp3) is 0.429. The van der Waals surface area contributed by atoms with Crippen LogP contribution in [0.15, 0.2) is 4.47 Å². The van der Waals surface area contributed by atoms with Gasteiger partial charge >= 0.3 is 5.97 Å². The van der Waals surface area contributed by atoms with Crippen LogP contribution in [0, 0.1) is 0 Å². The highest BCUT2D eigenvalue weighted by atomic mass is 79.9. The molecule has 0 bridgehead atoms. The van der Waals surface area contributed by atoms with Crippen molar-refractivity contribution in [2.45, 2.75) is 12.8 Å². The number of nitrogens with one attached hydrogen (secondary N) is 1. The lowest BCUT2D eigenvalue weighted by Gasteiger charge is -2.04. The maximum Gasteiger partial charge on any atom is 0.357 e. The molecule has 0 saturated heterocycles. The van der Waals surface area contributed by atoms with Crippen LogP contribution >= 0.6 is 15.9 Å². The van der Waals surface area contributed by atoms with Crippen molar-refractivity contribution in [2.75, 3.05) is 6.54 Å². The number of carboxylic acid groups (broad SMARTS) is 1. The van der Waals surface area contributed by atoms with E-state index in [1.165, 1.54) is 0 Å². The summed E-state index contributed by atoms with van der Waals surface area (Å²) in [5.41, 5.74) is 6.16. The van der Waals surface area contributed by atoms with Crippen LogP contribution in [0.25, 0.3) is 0 Å². The fourth-order valence-corrected chi connectivity index (χ4v) is 1.67. The van der Waals surface area contributed by atoms with E-state index in [2.05, 4.69) is 26.1 Å². The Labute approximate surface area is 83.5 Å². The lowest BCUT2D eigenvalue weighted by Crippen LogP contribution is -2.09. The van der Waals surface area contributed by atoms with Gasteiger partial charge < -0.3 is 10.8 Å². The first-order valence-corrected chi connectivity index (χ1v) is 4.54. The second kappa shape index (κ2) is 3.89. The molecular weight excluding hydrogens is 238 g/mol. The van der Waals surface area contributed by atoms with E-state index in [0.29, 0.717) is 11.0 Å². The summed E-state index contributed by atoms with van der Waals surface area (Å²) in [6.45, 7) is 2.34. The summed E-state index contributed by atoms with van der Waals surface area (Å²) in [6.07, 6.45) is 0. The van der Waals surface area contributed by atoms with E-state index in [1.54, 1.807) is 0 Å². The van der Waals surface area contributed by atoms with Crippen LogP contribution in [-0.4, -0.2) is 27.8 Å². The predicted molar refractivity (Wildman–Crippen MR) is 50.7 cm³/mol. The molecule has 72 valence electrons. The van der Waals surface area contributed by atoms with Crippen molar-refractivity contribution in [1.29, 1.82) is 0 Å². The molecule has 0 amide bonds. The van der Waals surface area contributed by atoms with Crippen molar-refractivity contribution < 1.29 is 9.90 Å². The lowest BCUT2D eigenvalue weighted by atomic mass is 10.1. The second-order valence-corrected chi connectivity index (χ2v) is 3.53. The van der Waals surface area contributed by atoms with E-state index < -0.39 is 5.97 Å². The number of halogens is 1. The molecule has 13 heavy (non-hydrogen) atoms. The first-order chi connectivity index (χ1) is 6.07. The quantitative estimate of drug-likeness (QED) is 0.741. The Hall–Kier alpha value is -0.880. The van der Waals surface area contributed by atoms with Crippen molar-refractivity contribution >= 4 is 21.9 Å². The van der Waals surface area contributed by atoms with Gasteiger partial charge in [-0.1, -0.05) is 6.92 Å². The highest BCUT2D eigenvalue weighted by molar-refractivity contribution is 9.10. The third kappa shape index (κ3) is 1.89. The molecule has 1 unspecified atom stereocenters. The molecular formula is C7H10BrN3O2. The molecule has 1 aromatic heterocycles. The molecule has 5 nitrogen and oxygen atoms in total. The Morgan fingerprint density at radius 2 is 2.46 bits per heavy atom. The number of aromatic amines is 1. The van der Waals surface area contributed by atoms with E-state index in [9.17, 15) is 4.79 Å². The normalized spacial score (nSPS) is 12.8. The van der Waals surface area contributed by atoms with Crippen LogP contribution < -0.4 is 5.73 Å². The Morgan fingerprint density at radius 1 is 1.85 bits per heavy atom. The SMILES string of the molecule is CC(CN)c1[nH]nc(C(=O)O)c1Br. The number of aromatic carboxylic acids is 1. The van der Waals surface area contributed by atoms with Gasteiger partial charge in [-0.3, -0.25) is 5.10 Å². The minimum absolute atomic E-state index is 0.00435. The second-order valence-electron chi connectivity index (χ2n) is 2.74. The van der Waals surface area contributed by atoms with Crippen molar-refractivity contribution in [1.82, 2.24) is 10.2 Å². The first-order valence-electron chi connectivity index (χ1n) is 3.75. The number of carboxylic acids is 1. The van der Waals surface area contributed by atoms with Crippen LogP contribution in [0.1, 0.15) is 29.0 Å². The minimum atomic E-state index is -1.06. The molecule has 1 rings (SSSR count). The summed E-state index contributed by atoms with van der Waals surface area (Å²) in [6, 6.07) is 0. The molecule has 4 N–H and O–H groups in total. The van der Waals surface area contributed by atoms with Gasteiger partial charge in [-0.25, -0.2) is 4.79 Å². The van der Waals surface area contributed by atoms with E-state index in [4.69, 9.17) is 10.8 Å². The summed E-state index contributed by atoms with van der Waals surface area (Å²) < 4.78 is 0.484. The van der Waals surface area contributed by atoms with E-state index in [-0.39, 0.29) is 11.6 Å². The molecule has 1 atom stereocenters. The molecule has 0 radical (unpaired) electrons. The molecule has 0 spiro atoms. The molecule has 1 heterocycles. The van der Waals surface area contributed by atoms with Gasteiger partial charge in [0.2, 0.25) is 0 Å². The highest BCUT2D eigenvalue weighted by Gasteiger charge is 2.19. The number of nitrogens with zero attached hydrogens (tertiary/aromatic N) is 1. The van der Waals surface area contributed by atoms with Gasteiger partial charge in [0.15, 0.2) is 5.69 Å². The largest absolute Gasteiger partial charge is 0.476 e. The van der Waals surface area contributed by atoms with Crippen LogP contribution in [0.4, 0.5) is 0 Å². The molecule has 0 aliphatic carbocycles. The number of carbonyl (C=O) groups is 1. The van der Waals surface area contributed by atoms with Gasteiger partial charge in [-0.05, 0) is 15.9 Å². The molecule has 6 heteroatoms. The smallest absolute Gasteiger partial charge is 0.357 e. The monoisotopic (exact) mass is 247 g/mol. The van der Waals surface area contributed by atoms with Crippen molar-refractivity contribution in [3.63, 3.8) is 0 Å². The zero-order valence-corrected chi connectivity index (χ0v) is 8.63. The predicted octanol–water partition coefficient (Wildman–Crippen LogP) is 0.933. The minimum Gasteiger partial charge on any atom is -0.476 e. The Balaban J connectivity index is 3.06. The maximum atomic E-state index is 10.6. The summed E-state index contributed by atoms with van der Waals surface area (Å²) >= 11 is 3.16. The zero-order valence-electron chi connectivity index (χ0n) is 7.04. The molecule has 0 aromatic carbocycles. The number of aromatic nitrogens is 2. The molecule has 0 aliphatic heterocycles. The maximum absolute atomic E-state index is 10.6. The van der Waals surface area contributed by atoms with Crippen molar-refractivity contribution in [3.8, 4) is 0 Å². The van der Waals surface area contributed by atoms with Crippen LogP contribution in [-0.2, 0) is 0 Å². The molecule has 0 saturated carbocycles. The average molecular weight is 248 g/mol. The number of H-pyrrole nitrogens is 1. The van der Waals surface area contributed by atoms with Gasteiger partial charge in [-0.15, -0.1) is 0 Å². The van der Waals surface area contributed by atoms with Gasteiger partial charge in [0, 0.05) is 12.5 Å². The molecule has 0 aliphatic rings. The highest BCUT2D eigenvalue weighted by Crippen LogP contribution is 2.24. The number of hydrogen-bond donors (Lipinski definition) is 3. The van der Waals surface area contributed by atoms with Gasteiger partial charge in [0.05, 0.1) is 10.2 Å². The van der Waals surface area contributed by atoms with E-state index in [0.717, 1.165) is 5.69 Å². The van der Waals surface area contributed by atoms with E-state index >= 15 is 0 Å². The van der Waals surface area contributed by atoms with Crippen LogP contribution in [0.5, 0.6) is 0 Å². The third-order valence-electron chi connectivity index (χ3n) is 1.78. The van der Waals surface area contributed by atoms with E-state index in [1.807, 2.05) is 6.92 Å². The Kier molecular flexibility index (Phi) is 3.05. The molecule has 0 fully saturated rings. The van der Waals surface area contributed by atoms with Gasteiger partial charge in [0.1, 0.15) is 0 Å². The number of rotatable bonds is 3. The van der Waals surface area contributed by atoms with Crippen LogP contribution in [0.2, 0.25) is 0 Å². The first kappa shape index (κ1) is 10.2. The number of nitrogens with two attached hydrogens (primary N) is 1. The fourth-order valence-electron chi connectivity index (χ4n) is 0.928. The topological polar surface area (TPSA) is 92.0 Å². The van der Waals surface area contributed by atoms with Crippen molar-refractivity contribution in [2.24, 2.45) is 5.73 Å². The standard InChI is InChI=1S/C7H10BrN3O2/c1-3(2-9)5-4(8)6(7(12)13)11-10-5/h3H,2,9H2,1H3,(H,10,11)(H,12,13). The lowest BCUT2D eigenvalue weighted by molar-refractivity contribution is 0.0689. The summed E-state index contributed by atoms with van der Waals surface area (Å²) in [7, 11) is 0.